The highest BCUT2D eigenvalue weighted by Crippen LogP contribution is 2.11. The van der Waals surface area contributed by atoms with Gasteiger partial charge in [-0.05, 0) is 30.3 Å². The maximum atomic E-state index is 11.8. The van der Waals surface area contributed by atoms with E-state index in [9.17, 15) is 4.79 Å². The number of carbonyl (C=O) groups excluding carboxylic acids is 1. The minimum absolute atomic E-state index is 0.164. The number of rotatable bonds is 2. The summed E-state index contributed by atoms with van der Waals surface area (Å²) >= 11 is 11.4. The number of aromatic nitrogens is 2. The van der Waals surface area contributed by atoms with Crippen molar-refractivity contribution in [3.63, 3.8) is 0 Å². The van der Waals surface area contributed by atoms with Crippen molar-refractivity contribution in [3.05, 3.63) is 52.3 Å². The predicted octanol–water partition coefficient (Wildman–Crippen LogP) is 3.04. The first-order valence-corrected chi connectivity index (χ1v) is 5.46. The molecule has 0 unspecified atom stereocenters. The van der Waals surface area contributed by atoms with Crippen LogP contribution in [0.2, 0.25) is 10.2 Å². The molecule has 0 saturated heterocycles. The summed E-state index contributed by atoms with van der Waals surface area (Å²) < 4.78 is 0. The number of benzene rings is 1. The molecule has 1 aromatic carbocycles. The van der Waals surface area contributed by atoms with Crippen molar-refractivity contribution < 1.29 is 4.79 Å². The van der Waals surface area contributed by atoms with E-state index in [1.807, 2.05) is 0 Å². The molecular formula is C11H7Cl2N3O. The monoisotopic (exact) mass is 267 g/mol. The number of carbonyl (C=O) groups is 1. The van der Waals surface area contributed by atoms with Crippen LogP contribution in [-0.4, -0.2) is 15.9 Å². The van der Waals surface area contributed by atoms with E-state index in [1.165, 1.54) is 12.3 Å². The highest BCUT2D eigenvalue weighted by atomic mass is 35.5. The number of anilines is 1. The lowest BCUT2D eigenvalue weighted by Crippen LogP contribution is -2.13. The van der Waals surface area contributed by atoms with Crippen LogP contribution in [0.3, 0.4) is 0 Å². The molecule has 0 aliphatic heterocycles. The van der Waals surface area contributed by atoms with E-state index >= 15 is 0 Å². The van der Waals surface area contributed by atoms with Gasteiger partial charge in [-0.3, -0.25) is 10.1 Å². The molecule has 6 heteroatoms. The lowest BCUT2D eigenvalue weighted by Gasteiger charge is -2.03. The van der Waals surface area contributed by atoms with E-state index in [0.717, 1.165) is 0 Å². The molecule has 0 aliphatic rings. The summed E-state index contributed by atoms with van der Waals surface area (Å²) in [6.45, 7) is 0. The highest BCUT2D eigenvalue weighted by molar-refractivity contribution is 6.30. The van der Waals surface area contributed by atoms with Gasteiger partial charge in [0.05, 0.1) is 0 Å². The quantitative estimate of drug-likeness (QED) is 0.851. The van der Waals surface area contributed by atoms with Gasteiger partial charge >= 0.3 is 0 Å². The first-order valence-electron chi connectivity index (χ1n) is 4.70. The number of hydrogen-bond acceptors (Lipinski definition) is 3. The smallest absolute Gasteiger partial charge is 0.258 e. The first-order chi connectivity index (χ1) is 8.15. The Morgan fingerprint density at radius 1 is 1.12 bits per heavy atom. The number of nitrogens with zero attached hydrogens (tertiary/aromatic N) is 2. The van der Waals surface area contributed by atoms with E-state index in [4.69, 9.17) is 23.2 Å². The number of hydrogen-bond donors (Lipinski definition) is 1. The second-order valence-electron chi connectivity index (χ2n) is 3.16. The standard InChI is InChI=1S/C11H7Cl2N3O/c12-8-3-1-7(2-4-8)10(17)16-11-14-6-5-9(13)15-11/h1-6H,(H,14,15,16,17). The SMILES string of the molecule is O=C(Nc1nccc(Cl)n1)c1ccc(Cl)cc1. The average Bonchev–Trinajstić information content (AvgIpc) is 2.29. The van der Waals surface area contributed by atoms with E-state index in [0.29, 0.717) is 10.6 Å². The van der Waals surface area contributed by atoms with Gasteiger partial charge in [0.2, 0.25) is 5.95 Å². The van der Waals surface area contributed by atoms with Crippen molar-refractivity contribution in [2.45, 2.75) is 0 Å². The molecule has 0 spiro atoms. The molecule has 0 bridgehead atoms. The van der Waals surface area contributed by atoms with E-state index in [-0.39, 0.29) is 17.0 Å². The molecule has 1 N–H and O–H groups in total. The second-order valence-corrected chi connectivity index (χ2v) is 3.99. The van der Waals surface area contributed by atoms with Crippen molar-refractivity contribution in [3.8, 4) is 0 Å². The molecule has 1 aromatic heterocycles. The molecule has 86 valence electrons. The average molecular weight is 268 g/mol. The maximum absolute atomic E-state index is 11.8. The molecule has 0 fully saturated rings. The minimum Gasteiger partial charge on any atom is -0.290 e. The van der Waals surface area contributed by atoms with Gasteiger partial charge in [0, 0.05) is 16.8 Å². The normalized spacial score (nSPS) is 10.0. The molecule has 4 nitrogen and oxygen atoms in total. The largest absolute Gasteiger partial charge is 0.290 e. The van der Waals surface area contributed by atoms with Crippen molar-refractivity contribution in [2.24, 2.45) is 0 Å². The zero-order valence-corrected chi connectivity index (χ0v) is 10.0. The zero-order valence-electron chi connectivity index (χ0n) is 8.52. The van der Waals surface area contributed by atoms with Gasteiger partial charge < -0.3 is 0 Å². The summed E-state index contributed by atoms with van der Waals surface area (Å²) in [5.41, 5.74) is 0.470. The van der Waals surface area contributed by atoms with Gasteiger partial charge in [-0.15, -0.1) is 0 Å². The number of halogens is 2. The van der Waals surface area contributed by atoms with Crippen LogP contribution < -0.4 is 5.32 Å². The van der Waals surface area contributed by atoms with Crippen LogP contribution in [0.25, 0.3) is 0 Å². The fraction of sp³-hybridized carbons (Fsp3) is 0. The topological polar surface area (TPSA) is 54.9 Å². The second kappa shape index (κ2) is 5.12. The van der Waals surface area contributed by atoms with E-state index < -0.39 is 0 Å². The summed E-state index contributed by atoms with van der Waals surface area (Å²) in [7, 11) is 0. The van der Waals surface area contributed by atoms with Gasteiger partial charge in [-0.1, -0.05) is 23.2 Å². The molecule has 0 atom stereocenters. The highest BCUT2D eigenvalue weighted by Gasteiger charge is 2.07. The van der Waals surface area contributed by atoms with Crippen molar-refractivity contribution in [2.75, 3.05) is 5.32 Å². The Morgan fingerprint density at radius 2 is 1.82 bits per heavy atom. The summed E-state index contributed by atoms with van der Waals surface area (Å²) in [6, 6.07) is 8.02. The fourth-order valence-electron chi connectivity index (χ4n) is 1.17. The van der Waals surface area contributed by atoms with E-state index in [1.54, 1.807) is 24.3 Å². The lowest BCUT2D eigenvalue weighted by atomic mass is 10.2. The van der Waals surface area contributed by atoms with E-state index in [2.05, 4.69) is 15.3 Å². The van der Waals surface area contributed by atoms with Crippen LogP contribution >= 0.6 is 23.2 Å². The summed E-state index contributed by atoms with van der Waals surface area (Å²) in [5, 5.41) is 3.37. The Hall–Kier alpha value is -1.65. The predicted molar refractivity (Wildman–Crippen MR) is 66.4 cm³/mol. The molecule has 1 amide bonds. The van der Waals surface area contributed by atoms with Crippen LogP contribution in [-0.2, 0) is 0 Å². The third-order valence-corrected chi connectivity index (χ3v) is 2.42. The lowest BCUT2D eigenvalue weighted by molar-refractivity contribution is 0.102. The van der Waals surface area contributed by atoms with Crippen LogP contribution in [0.15, 0.2) is 36.5 Å². The molecule has 1 heterocycles. The summed E-state index contributed by atoms with van der Waals surface area (Å²) in [5.74, 6) is -0.151. The van der Waals surface area contributed by atoms with Crippen molar-refractivity contribution >= 4 is 35.1 Å². The van der Waals surface area contributed by atoms with Crippen molar-refractivity contribution in [1.29, 1.82) is 0 Å². The molecular weight excluding hydrogens is 261 g/mol. The Balaban J connectivity index is 2.14. The van der Waals surface area contributed by atoms with Gasteiger partial charge in [0.25, 0.3) is 5.91 Å². The molecule has 2 aromatic rings. The molecule has 17 heavy (non-hydrogen) atoms. The molecule has 2 rings (SSSR count). The third kappa shape index (κ3) is 3.15. The Bertz CT molecular complexity index is 543. The number of amides is 1. The maximum Gasteiger partial charge on any atom is 0.258 e. The number of nitrogens with one attached hydrogen (secondary N) is 1. The van der Waals surface area contributed by atoms with Crippen LogP contribution in [0.1, 0.15) is 10.4 Å². The third-order valence-electron chi connectivity index (χ3n) is 1.95. The first kappa shape index (κ1) is 11.8. The van der Waals surface area contributed by atoms with Crippen LogP contribution in [0.5, 0.6) is 0 Å². The molecule has 0 aliphatic carbocycles. The van der Waals surface area contributed by atoms with Crippen LogP contribution in [0.4, 0.5) is 5.95 Å². The Labute approximate surface area is 108 Å². The van der Waals surface area contributed by atoms with Gasteiger partial charge in [-0.25, -0.2) is 9.97 Å². The van der Waals surface area contributed by atoms with Gasteiger partial charge in [0.15, 0.2) is 0 Å². The molecule has 0 saturated carbocycles. The molecule has 0 radical (unpaired) electrons. The van der Waals surface area contributed by atoms with Gasteiger partial charge in [-0.2, -0.15) is 0 Å². The van der Waals surface area contributed by atoms with Crippen molar-refractivity contribution in [1.82, 2.24) is 9.97 Å². The fourth-order valence-corrected chi connectivity index (χ4v) is 1.43. The Morgan fingerprint density at radius 3 is 2.47 bits per heavy atom. The summed E-state index contributed by atoms with van der Waals surface area (Å²) in [6.07, 6.45) is 1.47. The minimum atomic E-state index is -0.316. The van der Waals surface area contributed by atoms with Gasteiger partial charge in [0.1, 0.15) is 5.15 Å². The van der Waals surface area contributed by atoms with Crippen LogP contribution in [0, 0.1) is 0 Å². The summed E-state index contributed by atoms with van der Waals surface area (Å²) in [4.78, 5) is 19.5. The zero-order chi connectivity index (χ0) is 12.3. The Kier molecular flexibility index (Phi) is 3.56.